The molecule has 0 aliphatic carbocycles. The summed E-state index contributed by atoms with van der Waals surface area (Å²) < 4.78 is 30.2. The molecule has 2 aromatic rings. The maximum absolute atomic E-state index is 12.3. The Hall–Kier alpha value is -2.05. The number of hydrogen-bond acceptors (Lipinski definition) is 4. The lowest BCUT2D eigenvalue weighted by atomic mass is 10.3. The summed E-state index contributed by atoms with van der Waals surface area (Å²) in [7, 11) is -0.0875. The van der Waals surface area contributed by atoms with Crippen molar-refractivity contribution in [3.8, 4) is 11.5 Å². The Labute approximate surface area is 154 Å². The summed E-state index contributed by atoms with van der Waals surface area (Å²) in [5.74, 6) is 1.14. The van der Waals surface area contributed by atoms with E-state index >= 15 is 0 Å². The van der Waals surface area contributed by atoms with E-state index in [4.69, 9.17) is 4.74 Å². The minimum atomic E-state index is -3.40. The van der Waals surface area contributed by atoms with Crippen molar-refractivity contribution in [1.82, 2.24) is 4.90 Å². The van der Waals surface area contributed by atoms with Crippen LogP contribution in [-0.2, 0) is 14.6 Å². The SMILES string of the molecule is CN(C)C(=O)CCCS(=O)(=O)c1ccc(Oc2ccccc2)cc1.Cl. The second-order valence-corrected chi connectivity index (χ2v) is 7.71. The number of benzene rings is 2. The lowest BCUT2D eigenvalue weighted by molar-refractivity contribution is -0.128. The molecule has 0 radical (unpaired) electrons. The van der Waals surface area contributed by atoms with Gasteiger partial charge in [0.2, 0.25) is 5.91 Å². The molecule has 0 atom stereocenters. The van der Waals surface area contributed by atoms with Crippen LogP contribution in [-0.4, -0.2) is 39.1 Å². The van der Waals surface area contributed by atoms with Crippen LogP contribution in [0, 0.1) is 0 Å². The molecule has 0 saturated carbocycles. The van der Waals surface area contributed by atoms with Crippen molar-refractivity contribution in [2.45, 2.75) is 17.7 Å². The first kappa shape index (κ1) is 21.0. The summed E-state index contributed by atoms with van der Waals surface area (Å²) in [6.07, 6.45) is 0.531. The van der Waals surface area contributed by atoms with Crippen molar-refractivity contribution >= 4 is 28.2 Å². The Morgan fingerprint density at radius 3 is 2.08 bits per heavy atom. The predicted octanol–water partition coefficient (Wildman–Crippen LogP) is 3.54. The Morgan fingerprint density at radius 2 is 1.52 bits per heavy atom. The van der Waals surface area contributed by atoms with E-state index in [2.05, 4.69) is 0 Å². The van der Waals surface area contributed by atoms with Crippen LogP contribution in [0.3, 0.4) is 0 Å². The van der Waals surface area contributed by atoms with Crippen LogP contribution in [0.1, 0.15) is 12.8 Å². The fourth-order valence-electron chi connectivity index (χ4n) is 2.09. The molecule has 2 rings (SSSR count). The first-order valence-electron chi connectivity index (χ1n) is 7.64. The molecule has 0 saturated heterocycles. The molecule has 0 fully saturated rings. The minimum Gasteiger partial charge on any atom is -0.457 e. The third kappa shape index (κ3) is 6.40. The van der Waals surface area contributed by atoms with Gasteiger partial charge >= 0.3 is 0 Å². The zero-order valence-electron chi connectivity index (χ0n) is 14.2. The van der Waals surface area contributed by atoms with Gasteiger partial charge in [0.25, 0.3) is 0 Å². The number of hydrogen-bond donors (Lipinski definition) is 0. The van der Waals surface area contributed by atoms with Crippen LogP contribution in [0.5, 0.6) is 11.5 Å². The molecular formula is C18H22ClNO4S. The predicted molar refractivity (Wildman–Crippen MR) is 100 cm³/mol. The summed E-state index contributed by atoms with van der Waals surface area (Å²) in [5.41, 5.74) is 0. The molecular weight excluding hydrogens is 362 g/mol. The molecule has 7 heteroatoms. The molecule has 1 amide bonds. The Balaban J connectivity index is 0.00000312. The van der Waals surface area contributed by atoms with Gasteiger partial charge in [-0.3, -0.25) is 4.79 Å². The second kappa shape index (κ2) is 9.44. The van der Waals surface area contributed by atoms with E-state index in [-0.39, 0.29) is 35.4 Å². The van der Waals surface area contributed by atoms with Crippen molar-refractivity contribution in [3.05, 3.63) is 54.6 Å². The van der Waals surface area contributed by atoms with E-state index in [0.29, 0.717) is 17.9 Å². The molecule has 0 heterocycles. The number of para-hydroxylation sites is 1. The monoisotopic (exact) mass is 383 g/mol. The molecule has 0 unspecified atom stereocenters. The number of carbonyl (C=O) groups excluding carboxylic acids is 1. The van der Waals surface area contributed by atoms with Crippen molar-refractivity contribution in [3.63, 3.8) is 0 Å². The van der Waals surface area contributed by atoms with E-state index < -0.39 is 9.84 Å². The molecule has 25 heavy (non-hydrogen) atoms. The van der Waals surface area contributed by atoms with Gasteiger partial charge < -0.3 is 9.64 Å². The van der Waals surface area contributed by atoms with Gasteiger partial charge in [-0.25, -0.2) is 8.42 Å². The second-order valence-electron chi connectivity index (χ2n) is 5.60. The molecule has 0 aromatic heterocycles. The first-order valence-corrected chi connectivity index (χ1v) is 9.29. The number of amides is 1. The zero-order chi connectivity index (χ0) is 17.6. The topological polar surface area (TPSA) is 63.7 Å². The normalized spacial score (nSPS) is 10.6. The maximum atomic E-state index is 12.3. The smallest absolute Gasteiger partial charge is 0.222 e. The molecule has 0 bridgehead atoms. The fraction of sp³-hybridized carbons (Fsp3) is 0.278. The first-order chi connectivity index (χ1) is 11.4. The van der Waals surface area contributed by atoms with Crippen LogP contribution in [0.4, 0.5) is 0 Å². The molecule has 136 valence electrons. The van der Waals surface area contributed by atoms with E-state index in [1.807, 2.05) is 30.3 Å². The van der Waals surface area contributed by atoms with Gasteiger partial charge in [-0.15, -0.1) is 12.4 Å². The number of rotatable bonds is 7. The highest BCUT2D eigenvalue weighted by atomic mass is 35.5. The molecule has 2 aromatic carbocycles. The molecule has 5 nitrogen and oxygen atoms in total. The average Bonchev–Trinajstić information content (AvgIpc) is 2.56. The maximum Gasteiger partial charge on any atom is 0.222 e. The van der Waals surface area contributed by atoms with Crippen molar-refractivity contribution in [2.24, 2.45) is 0 Å². The highest BCUT2D eigenvalue weighted by molar-refractivity contribution is 7.91. The van der Waals surface area contributed by atoms with Crippen molar-refractivity contribution in [1.29, 1.82) is 0 Å². The van der Waals surface area contributed by atoms with Gasteiger partial charge in [-0.05, 0) is 42.8 Å². The lowest BCUT2D eigenvalue weighted by Crippen LogP contribution is -2.22. The number of nitrogens with zero attached hydrogens (tertiary/aromatic N) is 1. The van der Waals surface area contributed by atoms with Gasteiger partial charge in [0, 0.05) is 20.5 Å². The minimum absolute atomic E-state index is 0. The average molecular weight is 384 g/mol. The highest BCUT2D eigenvalue weighted by Gasteiger charge is 2.15. The molecule has 0 aliphatic heterocycles. The van der Waals surface area contributed by atoms with Crippen LogP contribution >= 0.6 is 12.4 Å². The molecule has 0 aliphatic rings. The third-order valence-electron chi connectivity index (χ3n) is 3.46. The van der Waals surface area contributed by atoms with Gasteiger partial charge in [-0.1, -0.05) is 18.2 Å². The van der Waals surface area contributed by atoms with Gasteiger partial charge in [-0.2, -0.15) is 0 Å². The standard InChI is InChI=1S/C18H21NO4S.ClH/c1-19(2)18(20)9-6-14-24(21,22)17-12-10-16(11-13-17)23-15-7-4-3-5-8-15;/h3-5,7-8,10-13H,6,9,14H2,1-2H3;1H. The van der Waals surface area contributed by atoms with Crippen LogP contribution in [0.25, 0.3) is 0 Å². The fourth-order valence-corrected chi connectivity index (χ4v) is 3.41. The summed E-state index contributed by atoms with van der Waals surface area (Å²) in [6.45, 7) is 0. The summed E-state index contributed by atoms with van der Waals surface area (Å²) in [5, 5.41) is 0. The van der Waals surface area contributed by atoms with Crippen LogP contribution < -0.4 is 4.74 Å². The van der Waals surface area contributed by atoms with Crippen molar-refractivity contribution < 1.29 is 17.9 Å². The number of halogens is 1. The zero-order valence-corrected chi connectivity index (χ0v) is 15.8. The van der Waals surface area contributed by atoms with Gasteiger partial charge in [0.05, 0.1) is 10.6 Å². The largest absolute Gasteiger partial charge is 0.457 e. The molecule has 0 N–H and O–H groups in total. The van der Waals surface area contributed by atoms with Crippen molar-refractivity contribution in [2.75, 3.05) is 19.8 Å². The van der Waals surface area contributed by atoms with Gasteiger partial charge in [0.1, 0.15) is 11.5 Å². The molecule has 0 spiro atoms. The highest BCUT2D eigenvalue weighted by Crippen LogP contribution is 2.23. The van der Waals surface area contributed by atoms with E-state index in [9.17, 15) is 13.2 Å². The van der Waals surface area contributed by atoms with E-state index in [0.717, 1.165) is 0 Å². The quantitative estimate of drug-likeness (QED) is 0.733. The Bertz CT molecular complexity index is 774. The lowest BCUT2D eigenvalue weighted by Gasteiger charge is -2.10. The third-order valence-corrected chi connectivity index (χ3v) is 5.28. The number of ether oxygens (including phenoxy) is 1. The van der Waals surface area contributed by atoms with Gasteiger partial charge in [0.15, 0.2) is 9.84 Å². The van der Waals surface area contributed by atoms with E-state index in [1.54, 1.807) is 26.2 Å². The van der Waals surface area contributed by atoms with Crippen LogP contribution in [0.15, 0.2) is 59.5 Å². The summed E-state index contributed by atoms with van der Waals surface area (Å²) >= 11 is 0. The summed E-state index contributed by atoms with van der Waals surface area (Å²) in [6, 6.07) is 15.6. The van der Waals surface area contributed by atoms with Crippen LogP contribution in [0.2, 0.25) is 0 Å². The Kier molecular flexibility index (Phi) is 7.93. The Morgan fingerprint density at radius 1 is 0.960 bits per heavy atom. The number of sulfone groups is 1. The number of carbonyl (C=O) groups is 1. The van der Waals surface area contributed by atoms with E-state index in [1.165, 1.54) is 17.0 Å². The summed E-state index contributed by atoms with van der Waals surface area (Å²) in [4.78, 5) is 13.2.